The van der Waals surface area contributed by atoms with Gasteiger partial charge in [-0.25, -0.2) is 12.8 Å². The summed E-state index contributed by atoms with van der Waals surface area (Å²) in [5.74, 6) is -0.901. The van der Waals surface area contributed by atoms with Crippen LogP contribution in [0, 0.1) is 12.7 Å². The van der Waals surface area contributed by atoms with E-state index in [0.717, 1.165) is 11.3 Å². The second-order valence-corrected chi connectivity index (χ2v) is 10.3. The van der Waals surface area contributed by atoms with Crippen molar-refractivity contribution in [1.29, 1.82) is 0 Å². The van der Waals surface area contributed by atoms with E-state index >= 15 is 0 Å². The molecule has 1 amide bonds. The number of benzene rings is 2. The molecule has 1 atom stereocenters. The number of anilines is 1. The van der Waals surface area contributed by atoms with Gasteiger partial charge in [0.1, 0.15) is 10.8 Å². The lowest BCUT2D eigenvalue weighted by atomic mass is 10.2. The average Bonchev–Trinajstić information content (AvgIpc) is 3.41. The van der Waals surface area contributed by atoms with Crippen molar-refractivity contribution in [3.8, 4) is 0 Å². The summed E-state index contributed by atoms with van der Waals surface area (Å²) in [5.41, 5.74) is 0.913. The minimum atomic E-state index is -3.80. The molecule has 0 radical (unpaired) electrons. The molecule has 7 nitrogen and oxygen atoms in total. The van der Waals surface area contributed by atoms with Gasteiger partial charge in [0.05, 0.1) is 10.9 Å². The van der Waals surface area contributed by atoms with E-state index in [9.17, 15) is 17.6 Å². The molecule has 2 aromatic carbocycles. The number of hydrogen-bond acceptors (Lipinski definition) is 6. The van der Waals surface area contributed by atoms with E-state index < -0.39 is 27.8 Å². The number of sulfonamides is 1. The van der Waals surface area contributed by atoms with Crippen LogP contribution in [-0.2, 0) is 10.0 Å². The van der Waals surface area contributed by atoms with Gasteiger partial charge in [0.25, 0.3) is 5.91 Å². The van der Waals surface area contributed by atoms with Crippen LogP contribution < -0.4 is 5.32 Å². The summed E-state index contributed by atoms with van der Waals surface area (Å²) >= 11 is 7.17. The van der Waals surface area contributed by atoms with Crippen LogP contribution in [-0.4, -0.2) is 35.4 Å². The molecule has 162 valence electrons. The molecule has 11 heteroatoms. The highest BCUT2D eigenvalue weighted by molar-refractivity contribution is 7.89. The van der Waals surface area contributed by atoms with Gasteiger partial charge in [-0.05, 0) is 61.7 Å². The zero-order chi connectivity index (χ0) is 22.2. The van der Waals surface area contributed by atoms with Crippen LogP contribution in [0.1, 0.15) is 39.3 Å². The fourth-order valence-corrected chi connectivity index (χ4v) is 6.54. The Hall–Kier alpha value is -2.40. The van der Waals surface area contributed by atoms with Crippen molar-refractivity contribution in [2.24, 2.45) is 0 Å². The lowest BCUT2D eigenvalue weighted by molar-refractivity contribution is 0.102. The van der Waals surface area contributed by atoms with Crippen molar-refractivity contribution in [2.75, 3.05) is 11.9 Å². The zero-order valence-electron chi connectivity index (χ0n) is 16.4. The largest absolute Gasteiger partial charge is 0.320 e. The van der Waals surface area contributed by atoms with Gasteiger partial charge in [0.15, 0.2) is 0 Å². The van der Waals surface area contributed by atoms with E-state index in [4.69, 9.17) is 11.6 Å². The lowest BCUT2D eigenvalue weighted by Crippen LogP contribution is -2.31. The second-order valence-electron chi connectivity index (χ2n) is 7.04. The lowest BCUT2D eigenvalue weighted by Gasteiger charge is -2.23. The Kier molecular flexibility index (Phi) is 6.07. The third kappa shape index (κ3) is 4.33. The maximum Gasteiger partial charge on any atom is 0.286 e. The van der Waals surface area contributed by atoms with Crippen molar-refractivity contribution in [2.45, 2.75) is 30.7 Å². The van der Waals surface area contributed by atoms with Crippen LogP contribution in [0.15, 0.2) is 47.4 Å². The third-order valence-electron chi connectivity index (χ3n) is 5.03. The highest BCUT2D eigenvalue weighted by Gasteiger charge is 2.39. The third-order valence-corrected chi connectivity index (χ3v) is 8.52. The molecule has 1 aliphatic rings. The predicted octanol–water partition coefficient (Wildman–Crippen LogP) is 4.42. The van der Waals surface area contributed by atoms with Gasteiger partial charge >= 0.3 is 0 Å². The minimum Gasteiger partial charge on any atom is -0.320 e. The molecular formula is C20H18ClFN4O3S2. The van der Waals surface area contributed by atoms with Crippen molar-refractivity contribution in [3.63, 3.8) is 0 Å². The molecule has 31 heavy (non-hydrogen) atoms. The number of carbonyl (C=O) groups excluding carboxylic acids is 1. The number of carbonyl (C=O) groups is 1. The molecule has 1 saturated heterocycles. The molecular weight excluding hydrogens is 463 g/mol. The van der Waals surface area contributed by atoms with Crippen molar-refractivity contribution < 1.29 is 17.6 Å². The van der Waals surface area contributed by atoms with E-state index in [1.807, 2.05) is 0 Å². The predicted molar refractivity (Wildman–Crippen MR) is 116 cm³/mol. The Bertz CT molecular complexity index is 1230. The molecule has 0 unspecified atom stereocenters. The first-order valence-corrected chi connectivity index (χ1v) is 12.1. The van der Waals surface area contributed by atoms with Crippen LogP contribution >= 0.6 is 22.9 Å². The maximum absolute atomic E-state index is 13.3. The summed E-state index contributed by atoms with van der Waals surface area (Å²) in [6, 6.07) is 9.63. The normalized spacial score (nSPS) is 17.1. The van der Waals surface area contributed by atoms with E-state index in [-0.39, 0.29) is 9.90 Å². The smallest absolute Gasteiger partial charge is 0.286 e. The first-order valence-electron chi connectivity index (χ1n) is 9.44. The number of hydrogen-bond donors (Lipinski definition) is 1. The minimum absolute atomic E-state index is 0.0995. The fourth-order valence-electron chi connectivity index (χ4n) is 3.45. The Morgan fingerprint density at radius 1 is 1.23 bits per heavy atom. The standard InChI is InChI=1S/C20H18ClFN4O3S2/c1-12-15(21)4-2-6-17(12)31(28,29)26-11-3-5-16(26)19-24-25-20(30-19)18(27)23-14-9-7-13(22)8-10-14/h2,4,6-10,16H,3,5,11H2,1H3,(H,23,27)/t16-/m0/s1. The van der Waals surface area contributed by atoms with Gasteiger partial charge in [-0.2, -0.15) is 4.31 Å². The quantitative estimate of drug-likeness (QED) is 0.583. The molecule has 0 spiro atoms. The topological polar surface area (TPSA) is 92.3 Å². The highest BCUT2D eigenvalue weighted by atomic mass is 35.5. The number of amides is 1. The van der Waals surface area contributed by atoms with Crippen LogP contribution in [0.25, 0.3) is 0 Å². The molecule has 0 saturated carbocycles. The molecule has 2 heterocycles. The summed E-state index contributed by atoms with van der Waals surface area (Å²) in [7, 11) is -3.80. The van der Waals surface area contributed by atoms with E-state index in [1.54, 1.807) is 19.1 Å². The average molecular weight is 481 g/mol. The van der Waals surface area contributed by atoms with E-state index in [0.29, 0.717) is 40.7 Å². The van der Waals surface area contributed by atoms with Crippen molar-refractivity contribution >= 4 is 44.6 Å². The van der Waals surface area contributed by atoms with Crippen LogP contribution in [0.3, 0.4) is 0 Å². The monoisotopic (exact) mass is 480 g/mol. The Labute approximate surface area is 187 Å². The molecule has 1 aromatic heterocycles. The van der Waals surface area contributed by atoms with Gasteiger partial charge in [-0.1, -0.05) is 29.0 Å². The van der Waals surface area contributed by atoms with Crippen molar-refractivity contribution in [3.05, 3.63) is 68.9 Å². The molecule has 4 rings (SSSR count). The van der Waals surface area contributed by atoms with Crippen LogP contribution in [0.5, 0.6) is 0 Å². The fraction of sp³-hybridized carbons (Fsp3) is 0.250. The van der Waals surface area contributed by atoms with E-state index in [1.165, 1.54) is 34.6 Å². The summed E-state index contributed by atoms with van der Waals surface area (Å²) < 4.78 is 41.1. The molecule has 1 aliphatic heterocycles. The highest BCUT2D eigenvalue weighted by Crippen LogP contribution is 2.39. The molecule has 0 aliphatic carbocycles. The zero-order valence-corrected chi connectivity index (χ0v) is 18.8. The second kappa shape index (κ2) is 8.62. The van der Waals surface area contributed by atoms with Gasteiger partial charge in [0.2, 0.25) is 15.0 Å². The summed E-state index contributed by atoms with van der Waals surface area (Å²) in [6.45, 7) is 2.01. The van der Waals surface area contributed by atoms with Gasteiger partial charge in [-0.15, -0.1) is 10.2 Å². The first-order chi connectivity index (χ1) is 14.8. The van der Waals surface area contributed by atoms with Gasteiger partial charge in [0, 0.05) is 17.3 Å². The van der Waals surface area contributed by atoms with E-state index in [2.05, 4.69) is 15.5 Å². The number of halogens is 2. The van der Waals surface area contributed by atoms with Crippen LogP contribution in [0.2, 0.25) is 5.02 Å². The van der Waals surface area contributed by atoms with Gasteiger partial charge in [-0.3, -0.25) is 4.79 Å². The molecule has 1 N–H and O–H groups in total. The van der Waals surface area contributed by atoms with Crippen molar-refractivity contribution in [1.82, 2.24) is 14.5 Å². The first kappa shape index (κ1) is 21.8. The Morgan fingerprint density at radius 3 is 2.71 bits per heavy atom. The molecule has 0 bridgehead atoms. The van der Waals surface area contributed by atoms with Crippen LogP contribution in [0.4, 0.5) is 10.1 Å². The van der Waals surface area contributed by atoms with Gasteiger partial charge < -0.3 is 5.32 Å². The number of aromatic nitrogens is 2. The Morgan fingerprint density at radius 2 is 1.97 bits per heavy atom. The SMILES string of the molecule is Cc1c(Cl)cccc1S(=O)(=O)N1CCC[C@H]1c1nnc(C(=O)Nc2ccc(F)cc2)s1. The summed E-state index contributed by atoms with van der Waals surface area (Å²) in [5, 5.41) is 11.6. The maximum atomic E-state index is 13.3. The molecule has 1 fully saturated rings. The summed E-state index contributed by atoms with van der Waals surface area (Å²) in [4.78, 5) is 12.6. The summed E-state index contributed by atoms with van der Waals surface area (Å²) in [6.07, 6.45) is 1.24. The number of rotatable bonds is 5. The molecule has 3 aromatic rings. The Balaban J connectivity index is 1.57. The number of nitrogens with zero attached hydrogens (tertiary/aromatic N) is 3. The number of nitrogens with one attached hydrogen (secondary N) is 1.